The third kappa shape index (κ3) is 5.32. The smallest absolute Gasteiger partial charge is 0.328 e. The molecule has 2 rings (SSSR count). The molecular formula is C18H23N3O4S. The molecule has 2 aromatic rings. The number of nitrogens with one attached hydrogen (secondary N) is 1. The van der Waals surface area contributed by atoms with Gasteiger partial charge in [-0.25, -0.2) is 4.79 Å². The molecule has 0 saturated carbocycles. The van der Waals surface area contributed by atoms with Crippen LogP contribution in [0.2, 0.25) is 0 Å². The van der Waals surface area contributed by atoms with Crippen LogP contribution in [0.4, 0.5) is 0 Å². The van der Waals surface area contributed by atoms with Gasteiger partial charge in [0, 0.05) is 5.56 Å². The van der Waals surface area contributed by atoms with Gasteiger partial charge in [0.25, 0.3) is 5.22 Å². The first-order chi connectivity index (χ1) is 12.4. The molecule has 1 amide bonds. The molecule has 0 unspecified atom stereocenters. The SMILES string of the molecule is CC[C@H](C)[C@H](NC(=O)CSc1nnc(-c2ccc(C)cc2)o1)C(=O)OC. The van der Waals surface area contributed by atoms with E-state index in [0.29, 0.717) is 11.1 Å². The Bertz CT molecular complexity index is 745. The van der Waals surface area contributed by atoms with Crippen molar-refractivity contribution in [2.45, 2.75) is 38.5 Å². The van der Waals surface area contributed by atoms with Crippen LogP contribution in [-0.2, 0) is 14.3 Å². The summed E-state index contributed by atoms with van der Waals surface area (Å²) < 4.78 is 10.3. The average Bonchev–Trinajstić information content (AvgIpc) is 3.12. The van der Waals surface area contributed by atoms with Crippen molar-refractivity contribution in [1.29, 1.82) is 0 Å². The lowest BCUT2D eigenvalue weighted by atomic mass is 9.99. The van der Waals surface area contributed by atoms with Gasteiger partial charge in [-0.05, 0) is 25.0 Å². The topological polar surface area (TPSA) is 94.3 Å². The highest BCUT2D eigenvalue weighted by Crippen LogP contribution is 2.23. The number of aromatic nitrogens is 2. The fourth-order valence-corrected chi connectivity index (χ4v) is 2.79. The van der Waals surface area contributed by atoms with Crippen LogP contribution < -0.4 is 5.32 Å². The number of aryl methyl sites for hydroxylation is 1. The minimum atomic E-state index is -0.663. The Morgan fingerprint density at radius 3 is 2.58 bits per heavy atom. The van der Waals surface area contributed by atoms with Gasteiger partial charge in [-0.1, -0.05) is 49.7 Å². The maximum atomic E-state index is 12.2. The number of ether oxygens (including phenoxy) is 1. The van der Waals surface area contributed by atoms with Gasteiger partial charge in [0.1, 0.15) is 6.04 Å². The van der Waals surface area contributed by atoms with Crippen molar-refractivity contribution in [2.24, 2.45) is 5.92 Å². The third-order valence-corrected chi connectivity index (χ3v) is 4.83. The van der Waals surface area contributed by atoms with Crippen molar-refractivity contribution in [3.8, 4) is 11.5 Å². The first-order valence-electron chi connectivity index (χ1n) is 8.35. The minimum absolute atomic E-state index is 0.0204. The molecule has 1 aromatic carbocycles. The molecule has 1 heterocycles. The summed E-state index contributed by atoms with van der Waals surface area (Å²) in [6.45, 7) is 5.84. The summed E-state index contributed by atoms with van der Waals surface area (Å²) in [5.74, 6) is -0.287. The highest BCUT2D eigenvalue weighted by Gasteiger charge is 2.26. The fourth-order valence-electron chi connectivity index (χ4n) is 2.22. The normalized spacial score (nSPS) is 13.1. The monoisotopic (exact) mass is 377 g/mol. The minimum Gasteiger partial charge on any atom is -0.467 e. The second kappa shape index (κ2) is 9.38. The number of carbonyl (C=O) groups excluding carboxylic acids is 2. The molecule has 0 aliphatic rings. The molecule has 8 heteroatoms. The Morgan fingerprint density at radius 1 is 1.27 bits per heavy atom. The van der Waals surface area contributed by atoms with Crippen molar-refractivity contribution >= 4 is 23.6 Å². The molecule has 0 spiro atoms. The Balaban J connectivity index is 1.92. The molecule has 0 bridgehead atoms. The van der Waals surface area contributed by atoms with E-state index in [4.69, 9.17) is 9.15 Å². The van der Waals surface area contributed by atoms with Crippen LogP contribution >= 0.6 is 11.8 Å². The van der Waals surface area contributed by atoms with E-state index in [1.54, 1.807) is 0 Å². The number of rotatable bonds is 8. The molecule has 0 aliphatic heterocycles. The maximum absolute atomic E-state index is 12.2. The van der Waals surface area contributed by atoms with E-state index in [0.717, 1.165) is 29.3 Å². The van der Waals surface area contributed by atoms with Crippen LogP contribution in [0.15, 0.2) is 33.9 Å². The number of amides is 1. The summed E-state index contributed by atoms with van der Waals surface area (Å²) in [5, 5.41) is 10.9. The lowest BCUT2D eigenvalue weighted by Gasteiger charge is -2.21. The number of esters is 1. The first-order valence-corrected chi connectivity index (χ1v) is 9.33. The third-order valence-electron chi connectivity index (χ3n) is 4.02. The van der Waals surface area contributed by atoms with E-state index < -0.39 is 12.0 Å². The van der Waals surface area contributed by atoms with Crippen LogP contribution in [0.5, 0.6) is 0 Å². The summed E-state index contributed by atoms with van der Waals surface area (Å²) in [7, 11) is 1.31. The van der Waals surface area contributed by atoms with Gasteiger partial charge >= 0.3 is 5.97 Å². The molecule has 0 aliphatic carbocycles. The largest absolute Gasteiger partial charge is 0.467 e. The maximum Gasteiger partial charge on any atom is 0.328 e. The Morgan fingerprint density at radius 2 is 1.96 bits per heavy atom. The van der Waals surface area contributed by atoms with E-state index in [9.17, 15) is 9.59 Å². The Kier molecular flexibility index (Phi) is 7.20. The second-order valence-electron chi connectivity index (χ2n) is 5.98. The van der Waals surface area contributed by atoms with Crippen molar-refractivity contribution < 1.29 is 18.7 Å². The zero-order valence-corrected chi connectivity index (χ0v) is 16.1. The number of thioether (sulfide) groups is 1. The number of benzene rings is 1. The van der Waals surface area contributed by atoms with Gasteiger partial charge in [-0.3, -0.25) is 4.79 Å². The molecular weight excluding hydrogens is 354 g/mol. The summed E-state index contributed by atoms with van der Waals surface area (Å²) in [5.41, 5.74) is 1.96. The highest BCUT2D eigenvalue weighted by atomic mass is 32.2. The van der Waals surface area contributed by atoms with E-state index in [-0.39, 0.29) is 17.6 Å². The Hall–Kier alpha value is -2.35. The fraction of sp³-hybridized carbons (Fsp3) is 0.444. The molecule has 140 valence electrons. The van der Waals surface area contributed by atoms with Gasteiger partial charge in [0.05, 0.1) is 12.9 Å². The van der Waals surface area contributed by atoms with E-state index >= 15 is 0 Å². The molecule has 0 saturated heterocycles. The summed E-state index contributed by atoms with van der Waals surface area (Å²) in [4.78, 5) is 24.0. The van der Waals surface area contributed by atoms with Gasteiger partial charge in [0.2, 0.25) is 11.8 Å². The van der Waals surface area contributed by atoms with Crippen molar-refractivity contribution in [3.05, 3.63) is 29.8 Å². The van der Waals surface area contributed by atoms with Crippen molar-refractivity contribution in [3.63, 3.8) is 0 Å². The molecule has 0 radical (unpaired) electrons. The molecule has 1 N–H and O–H groups in total. The van der Waals surface area contributed by atoms with E-state index in [2.05, 4.69) is 15.5 Å². The molecule has 26 heavy (non-hydrogen) atoms. The number of carbonyl (C=O) groups is 2. The van der Waals surface area contributed by atoms with Crippen LogP contribution in [0, 0.1) is 12.8 Å². The zero-order chi connectivity index (χ0) is 19.1. The van der Waals surface area contributed by atoms with Gasteiger partial charge in [-0.2, -0.15) is 0 Å². The summed E-state index contributed by atoms with van der Waals surface area (Å²) in [6.07, 6.45) is 0.747. The van der Waals surface area contributed by atoms with Gasteiger partial charge in [0.15, 0.2) is 0 Å². The van der Waals surface area contributed by atoms with Gasteiger partial charge < -0.3 is 14.5 Å². The number of nitrogens with zero attached hydrogens (tertiary/aromatic N) is 2. The first kappa shape index (κ1) is 20.0. The predicted molar refractivity (Wildman–Crippen MR) is 98.6 cm³/mol. The van der Waals surface area contributed by atoms with Crippen molar-refractivity contribution in [2.75, 3.05) is 12.9 Å². The molecule has 2 atom stereocenters. The predicted octanol–water partition coefficient (Wildman–Crippen LogP) is 2.84. The van der Waals surface area contributed by atoms with Crippen molar-refractivity contribution in [1.82, 2.24) is 15.5 Å². The lowest BCUT2D eigenvalue weighted by Crippen LogP contribution is -2.46. The average molecular weight is 377 g/mol. The van der Waals surface area contributed by atoms with Crippen LogP contribution in [0.3, 0.4) is 0 Å². The summed E-state index contributed by atoms with van der Waals surface area (Å²) >= 11 is 1.12. The highest BCUT2D eigenvalue weighted by molar-refractivity contribution is 7.99. The van der Waals surface area contributed by atoms with Crippen LogP contribution in [-0.4, -0.2) is 41.0 Å². The molecule has 1 aromatic heterocycles. The second-order valence-corrected chi connectivity index (χ2v) is 6.91. The lowest BCUT2D eigenvalue weighted by molar-refractivity contribution is -0.146. The summed E-state index contributed by atoms with van der Waals surface area (Å²) in [6, 6.07) is 7.06. The van der Waals surface area contributed by atoms with E-state index in [1.165, 1.54) is 7.11 Å². The molecule has 7 nitrogen and oxygen atoms in total. The quantitative estimate of drug-likeness (QED) is 0.558. The van der Waals surface area contributed by atoms with Crippen LogP contribution in [0.25, 0.3) is 11.5 Å². The van der Waals surface area contributed by atoms with Crippen LogP contribution in [0.1, 0.15) is 25.8 Å². The number of hydrogen-bond acceptors (Lipinski definition) is 7. The Labute approximate surface area is 156 Å². The van der Waals surface area contributed by atoms with E-state index in [1.807, 2.05) is 45.0 Å². The standard InChI is InChI=1S/C18H23N3O4S/c1-5-12(3)15(17(23)24-4)19-14(22)10-26-18-21-20-16(25-18)13-8-6-11(2)7-9-13/h6-9,12,15H,5,10H2,1-4H3,(H,19,22)/t12-,15-/m0/s1. The number of methoxy groups -OCH3 is 1. The zero-order valence-electron chi connectivity index (χ0n) is 15.3. The molecule has 0 fully saturated rings. The number of hydrogen-bond donors (Lipinski definition) is 1. The van der Waals surface area contributed by atoms with Gasteiger partial charge in [-0.15, -0.1) is 10.2 Å².